The van der Waals surface area contributed by atoms with E-state index in [1.807, 2.05) is 0 Å². The summed E-state index contributed by atoms with van der Waals surface area (Å²) in [7, 11) is -3.67. The van der Waals surface area contributed by atoms with Crippen molar-refractivity contribution in [1.82, 2.24) is 4.31 Å². The van der Waals surface area contributed by atoms with Crippen LogP contribution in [0.25, 0.3) is 0 Å². The molecule has 0 spiro atoms. The fraction of sp³-hybridized carbons (Fsp3) is 0.273. The standard InChI is InChI=1S/C11H15BrN2O3S/c1-2-5-14(6-7-15)18(16,17)11-4-3-9(13)8-10(11)12/h2-4,8,15H,1,5-7,13H2. The van der Waals surface area contributed by atoms with Crippen LogP contribution in [0.2, 0.25) is 0 Å². The molecule has 0 bridgehead atoms. The first-order chi connectivity index (χ1) is 8.43. The first kappa shape index (κ1) is 15.2. The first-order valence-electron chi connectivity index (χ1n) is 5.20. The van der Waals surface area contributed by atoms with Crippen molar-refractivity contribution in [3.63, 3.8) is 0 Å². The van der Waals surface area contributed by atoms with E-state index in [-0.39, 0.29) is 24.6 Å². The second kappa shape index (κ2) is 6.33. The van der Waals surface area contributed by atoms with Gasteiger partial charge in [-0.05, 0) is 34.1 Å². The van der Waals surface area contributed by atoms with Crippen molar-refractivity contribution >= 4 is 31.6 Å². The van der Waals surface area contributed by atoms with Crippen LogP contribution in [0.15, 0.2) is 40.2 Å². The zero-order valence-electron chi connectivity index (χ0n) is 9.71. The molecule has 0 aliphatic heterocycles. The number of nitrogen functional groups attached to an aromatic ring is 1. The van der Waals surface area contributed by atoms with Crippen LogP contribution in [0.4, 0.5) is 5.69 Å². The number of aliphatic hydroxyl groups excluding tert-OH is 1. The minimum atomic E-state index is -3.67. The number of rotatable bonds is 6. The summed E-state index contributed by atoms with van der Waals surface area (Å²) < 4.78 is 26.2. The zero-order chi connectivity index (χ0) is 13.8. The second-order valence-corrected chi connectivity index (χ2v) is 6.33. The number of hydrogen-bond acceptors (Lipinski definition) is 4. The molecule has 0 aliphatic carbocycles. The molecule has 0 atom stereocenters. The highest BCUT2D eigenvalue weighted by Crippen LogP contribution is 2.26. The van der Waals surface area contributed by atoms with Crippen LogP contribution in [0.5, 0.6) is 0 Å². The molecule has 1 rings (SSSR count). The summed E-state index contributed by atoms with van der Waals surface area (Å²) in [4.78, 5) is 0.118. The third-order valence-electron chi connectivity index (χ3n) is 2.26. The van der Waals surface area contributed by atoms with Crippen molar-refractivity contribution in [2.75, 3.05) is 25.4 Å². The van der Waals surface area contributed by atoms with Crippen molar-refractivity contribution in [2.24, 2.45) is 0 Å². The maximum Gasteiger partial charge on any atom is 0.244 e. The van der Waals surface area contributed by atoms with Gasteiger partial charge in [-0.3, -0.25) is 0 Å². The summed E-state index contributed by atoms with van der Waals surface area (Å²) in [5.74, 6) is 0. The molecule has 0 radical (unpaired) electrons. The molecule has 18 heavy (non-hydrogen) atoms. The highest BCUT2D eigenvalue weighted by molar-refractivity contribution is 9.10. The van der Waals surface area contributed by atoms with Crippen LogP contribution >= 0.6 is 15.9 Å². The molecule has 0 aliphatic rings. The van der Waals surface area contributed by atoms with Gasteiger partial charge >= 0.3 is 0 Å². The number of anilines is 1. The molecule has 1 aromatic carbocycles. The summed E-state index contributed by atoms with van der Waals surface area (Å²) >= 11 is 3.18. The maximum absolute atomic E-state index is 12.3. The Kier molecular flexibility index (Phi) is 5.33. The van der Waals surface area contributed by atoms with E-state index < -0.39 is 10.0 Å². The van der Waals surface area contributed by atoms with E-state index in [1.54, 1.807) is 0 Å². The third kappa shape index (κ3) is 3.32. The Bertz CT molecular complexity index is 531. The lowest BCUT2D eigenvalue weighted by atomic mass is 10.3. The van der Waals surface area contributed by atoms with Crippen LogP contribution in [0.3, 0.4) is 0 Å². The van der Waals surface area contributed by atoms with Gasteiger partial charge in [0.25, 0.3) is 0 Å². The Morgan fingerprint density at radius 3 is 2.67 bits per heavy atom. The van der Waals surface area contributed by atoms with Crippen molar-refractivity contribution in [2.45, 2.75) is 4.90 Å². The molecule has 0 heterocycles. The van der Waals surface area contributed by atoms with E-state index in [0.29, 0.717) is 10.2 Å². The Balaban J connectivity index is 3.21. The molecule has 0 unspecified atom stereocenters. The lowest BCUT2D eigenvalue weighted by Crippen LogP contribution is -2.33. The number of nitrogens with two attached hydrogens (primary N) is 1. The van der Waals surface area contributed by atoms with E-state index in [4.69, 9.17) is 10.8 Å². The van der Waals surface area contributed by atoms with E-state index in [9.17, 15) is 8.42 Å². The van der Waals surface area contributed by atoms with E-state index in [1.165, 1.54) is 24.3 Å². The fourth-order valence-electron chi connectivity index (χ4n) is 1.43. The predicted molar refractivity (Wildman–Crippen MR) is 74.6 cm³/mol. The Morgan fingerprint density at radius 1 is 1.50 bits per heavy atom. The lowest BCUT2D eigenvalue weighted by Gasteiger charge is -2.20. The van der Waals surface area contributed by atoms with Gasteiger partial charge in [0.15, 0.2) is 0 Å². The lowest BCUT2D eigenvalue weighted by molar-refractivity contribution is 0.260. The molecular weight excluding hydrogens is 320 g/mol. The monoisotopic (exact) mass is 334 g/mol. The van der Waals surface area contributed by atoms with Gasteiger partial charge in [-0.25, -0.2) is 8.42 Å². The molecule has 0 aromatic heterocycles. The molecule has 0 saturated heterocycles. The minimum Gasteiger partial charge on any atom is -0.399 e. The van der Waals surface area contributed by atoms with Crippen LogP contribution in [-0.2, 0) is 10.0 Å². The summed E-state index contributed by atoms with van der Waals surface area (Å²) in [5.41, 5.74) is 6.04. The van der Waals surface area contributed by atoms with Crippen LogP contribution < -0.4 is 5.73 Å². The van der Waals surface area contributed by atoms with Crippen LogP contribution in [-0.4, -0.2) is 37.5 Å². The van der Waals surface area contributed by atoms with Gasteiger partial charge < -0.3 is 10.8 Å². The predicted octanol–water partition coefficient (Wildman–Crippen LogP) is 1.20. The highest BCUT2D eigenvalue weighted by Gasteiger charge is 2.25. The Labute approximate surface area is 115 Å². The smallest absolute Gasteiger partial charge is 0.244 e. The van der Waals surface area contributed by atoms with Crippen LogP contribution in [0.1, 0.15) is 0 Å². The highest BCUT2D eigenvalue weighted by atomic mass is 79.9. The Morgan fingerprint density at radius 2 is 2.17 bits per heavy atom. The van der Waals surface area contributed by atoms with Gasteiger partial charge in [-0.2, -0.15) is 4.31 Å². The molecule has 1 aromatic rings. The van der Waals surface area contributed by atoms with Gasteiger partial charge in [-0.1, -0.05) is 6.08 Å². The largest absolute Gasteiger partial charge is 0.399 e. The topological polar surface area (TPSA) is 83.6 Å². The third-order valence-corrected chi connectivity index (χ3v) is 5.10. The van der Waals surface area contributed by atoms with Gasteiger partial charge in [0, 0.05) is 23.2 Å². The van der Waals surface area contributed by atoms with Crippen molar-refractivity contribution in [3.8, 4) is 0 Å². The number of nitrogens with zero attached hydrogens (tertiary/aromatic N) is 1. The Hall–Kier alpha value is -0.890. The quantitative estimate of drug-likeness (QED) is 0.604. The summed E-state index contributed by atoms with van der Waals surface area (Å²) in [6.45, 7) is 3.41. The number of hydrogen-bond donors (Lipinski definition) is 2. The number of sulfonamides is 1. The maximum atomic E-state index is 12.3. The number of benzene rings is 1. The molecule has 3 N–H and O–H groups in total. The molecule has 100 valence electrons. The van der Waals surface area contributed by atoms with E-state index >= 15 is 0 Å². The van der Waals surface area contributed by atoms with Crippen LogP contribution in [0, 0.1) is 0 Å². The number of halogens is 1. The average molecular weight is 335 g/mol. The van der Waals surface area contributed by atoms with Crippen molar-refractivity contribution in [3.05, 3.63) is 35.3 Å². The number of aliphatic hydroxyl groups is 1. The van der Waals surface area contributed by atoms with E-state index in [0.717, 1.165) is 4.31 Å². The van der Waals surface area contributed by atoms with E-state index in [2.05, 4.69) is 22.5 Å². The molecule has 0 amide bonds. The van der Waals surface area contributed by atoms with Gasteiger partial charge in [0.2, 0.25) is 10.0 Å². The fourth-order valence-corrected chi connectivity index (χ4v) is 3.89. The van der Waals surface area contributed by atoms with Crippen molar-refractivity contribution < 1.29 is 13.5 Å². The summed E-state index contributed by atoms with van der Waals surface area (Å²) in [6.07, 6.45) is 1.47. The molecule has 5 nitrogen and oxygen atoms in total. The first-order valence-corrected chi connectivity index (χ1v) is 7.43. The SMILES string of the molecule is C=CCN(CCO)S(=O)(=O)c1ccc(N)cc1Br. The average Bonchev–Trinajstić information content (AvgIpc) is 2.28. The minimum absolute atomic E-state index is 0.0190. The van der Waals surface area contributed by atoms with Gasteiger partial charge in [0.1, 0.15) is 0 Å². The zero-order valence-corrected chi connectivity index (χ0v) is 12.1. The molecule has 0 saturated carbocycles. The van der Waals surface area contributed by atoms with Crippen molar-refractivity contribution in [1.29, 1.82) is 0 Å². The van der Waals surface area contributed by atoms with Gasteiger partial charge in [0.05, 0.1) is 11.5 Å². The summed E-state index contributed by atoms with van der Waals surface area (Å²) in [6, 6.07) is 4.48. The molecule has 0 fully saturated rings. The molecular formula is C11H15BrN2O3S. The molecule has 7 heteroatoms. The summed E-state index contributed by atoms with van der Waals surface area (Å²) in [5, 5.41) is 8.91. The second-order valence-electron chi connectivity index (χ2n) is 3.57. The van der Waals surface area contributed by atoms with Gasteiger partial charge in [-0.15, -0.1) is 6.58 Å². The normalized spacial score (nSPS) is 11.7.